The third kappa shape index (κ3) is 2.52. The number of aliphatic hydroxyl groups is 1. The standard InChI is InChI=1S/C21H29N3O2/c1-20-9-7-17-16-6-4-15(26-2)13-14(16)3-5-18(17)19(20)8-10-21(20,25)11-12-23-24-22/h4,6,13,17-19,25H,3,5,7-12H2,1-2H3/t17-,18-,19+,20+,21-/m1/s1. The van der Waals surface area contributed by atoms with Crippen molar-refractivity contribution in [3.05, 3.63) is 39.8 Å². The maximum Gasteiger partial charge on any atom is 0.119 e. The molecule has 2 saturated carbocycles. The summed E-state index contributed by atoms with van der Waals surface area (Å²) in [5.74, 6) is 2.79. The molecular formula is C21H29N3O2. The largest absolute Gasteiger partial charge is 0.497 e. The van der Waals surface area contributed by atoms with Crippen LogP contribution in [0.3, 0.4) is 0 Å². The first kappa shape index (κ1) is 17.7. The van der Waals surface area contributed by atoms with E-state index in [4.69, 9.17) is 10.3 Å². The van der Waals surface area contributed by atoms with E-state index < -0.39 is 5.60 Å². The number of hydrogen-bond acceptors (Lipinski definition) is 3. The highest BCUT2D eigenvalue weighted by atomic mass is 16.5. The Labute approximate surface area is 155 Å². The number of methoxy groups -OCH3 is 1. The van der Waals surface area contributed by atoms with E-state index in [9.17, 15) is 5.11 Å². The van der Waals surface area contributed by atoms with E-state index >= 15 is 0 Å². The van der Waals surface area contributed by atoms with Crippen molar-refractivity contribution in [3.8, 4) is 5.75 Å². The predicted octanol–water partition coefficient (Wildman–Crippen LogP) is 4.98. The molecule has 0 spiro atoms. The number of nitrogens with zero attached hydrogens (tertiary/aromatic N) is 3. The van der Waals surface area contributed by atoms with Gasteiger partial charge in [0, 0.05) is 11.5 Å². The normalized spacial score (nSPS) is 37.9. The molecule has 0 heterocycles. The molecule has 2 fully saturated rings. The average Bonchev–Trinajstić information content (AvgIpc) is 2.92. The minimum Gasteiger partial charge on any atom is -0.497 e. The molecule has 26 heavy (non-hydrogen) atoms. The Kier molecular flexibility index (Phi) is 4.40. The monoisotopic (exact) mass is 355 g/mol. The fourth-order valence-corrected chi connectivity index (χ4v) is 6.49. The van der Waals surface area contributed by atoms with Gasteiger partial charge in [-0.15, -0.1) is 0 Å². The van der Waals surface area contributed by atoms with Crippen molar-refractivity contribution in [2.45, 2.75) is 63.4 Å². The second-order valence-corrected chi connectivity index (χ2v) is 8.71. The highest BCUT2D eigenvalue weighted by Crippen LogP contribution is 2.65. The molecule has 0 aromatic heterocycles. The summed E-state index contributed by atoms with van der Waals surface area (Å²) in [7, 11) is 1.73. The molecule has 1 aromatic rings. The zero-order valence-electron chi connectivity index (χ0n) is 15.8. The van der Waals surface area contributed by atoms with Crippen LogP contribution in [-0.4, -0.2) is 24.4 Å². The zero-order chi connectivity index (χ0) is 18.4. The van der Waals surface area contributed by atoms with Gasteiger partial charge in [-0.2, -0.15) is 0 Å². The topological polar surface area (TPSA) is 78.2 Å². The third-order valence-electron chi connectivity index (χ3n) is 7.94. The number of rotatable bonds is 4. The van der Waals surface area contributed by atoms with Gasteiger partial charge in [-0.1, -0.05) is 18.1 Å². The molecule has 1 aromatic carbocycles. The second-order valence-electron chi connectivity index (χ2n) is 8.71. The maximum atomic E-state index is 11.4. The Morgan fingerprint density at radius 2 is 2.15 bits per heavy atom. The lowest BCUT2D eigenvalue weighted by Gasteiger charge is -2.53. The van der Waals surface area contributed by atoms with Crippen molar-refractivity contribution in [1.29, 1.82) is 0 Å². The van der Waals surface area contributed by atoms with Crippen molar-refractivity contribution in [3.63, 3.8) is 0 Å². The van der Waals surface area contributed by atoms with Crippen LogP contribution in [0.5, 0.6) is 5.75 Å². The van der Waals surface area contributed by atoms with Crippen LogP contribution in [0.4, 0.5) is 0 Å². The van der Waals surface area contributed by atoms with Crippen LogP contribution in [0.25, 0.3) is 10.4 Å². The Hall–Kier alpha value is -1.71. The van der Waals surface area contributed by atoms with E-state index in [1.165, 1.54) is 17.5 Å². The number of aryl methyl sites for hydroxylation is 1. The van der Waals surface area contributed by atoms with Crippen LogP contribution in [0, 0.1) is 17.3 Å². The molecule has 3 aliphatic rings. The van der Waals surface area contributed by atoms with Crippen molar-refractivity contribution in [2.24, 2.45) is 22.4 Å². The van der Waals surface area contributed by atoms with Crippen LogP contribution >= 0.6 is 0 Å². The molecule has 0 bridgehead atoms. The highest BCUT2D eigenvalue weighted by molar-refractivity contribution is 5.40. The smallest absolute Gasteiger partial charge is 0.119 e. The van der Waals surface area contributed by atoms with E-state index in [1.807, 2.05) is 0 Å². The van der Waals surface area contributed by atoms with Crippen molar-refractivity contribution >= 4 is 0 Å². The van der Waals surface area contributed by atoms with E-state index in [2.05, 4.69) is 35.1 Å². The second kappa shape index (κ2) is 6.47. The van der Waals surface area contributed by atoms with Gasteiger partial charge < -0.3 is 9.84 Å². The Morgan fingerprint density at radius 1 is 1.31 bits per heavy atom. The Morgan fingerprint density at radius 3 is 2.92 bits per heavy atom. The highest BCUT2D eigenvalue weighted by Gasteiger charge is 2.60. The molecule has 0 aliphatic heterocycles. The first-order chi connectivity index (χ1) is 12.5. The first-order valence-corrected chi connectivity index (χ1v) is 9.92. The van der Waals surface area contributed by atoms with E-state index in [1.54, 1.807) is 7.11 Å². The van der Waals surface area contributed by atoms with Crippen LogP contribution in [0.2, 0.25) is 0 Å². The number of ether oxygens (including phenoxy) is 1. The summed E-state index contributed by atoms with van der Waals surface area (Å²) in [6.45, 7) is 2.69. The lowest BCUT2D eigenvalue weighted by atomic mass is 9.53. The number of benzene rings is 1. The molecule has 5 heteroatoms. The predicted molar refractivity (Wildman–Crippen MR) is 101 cm³/mol. The van der Waals surface area contributed by atoms with Gasteiger partial charge in [0.2, 0.25) is 0 Å². The van der Waals surface area contributed by atoms with E-state index in [0.717, 1.165) is 37.9 Å². The summed E-state index contributed by atoms with van der Waals surface area (Å²) in [6, 6.07) is 6.58. The molecule has 0 unspecified atom stereocenters. The molecule has 0 amide bonds. The van der Waals surface area contributed by atoms with Gasteiger partial charge in [-0.05, 0) is 96.9 Å². The number of hydrogen-bond donors (Lipinski definition) is 1. The summed E-state index contributed by atoms with van der Waals surface area (Å²) in [5.41, 5.74) is 10.8. The third-order valence-corrected chi connectivity index (χ3v) is 7.94. The van der Waals surface area contributed by atoms with Crippen LogP contribution in [-0.2, 0) is 6.42 Å². The lowest BCUT2D eigenvalue weighted by Crippen LogP contribution is -2.51. The first-order valence-electron chi connectivity index (χ1n) is 9.92. The molecule has 0 saturated heterocycles. The van der Waals surface area contributed by atoms with E-state index in [0.29, 0.717) is 30.7 Å². The van der Waals surface area contributed by atoms with Gasteiger partial charge in [0.25, 0.3) is 0 Å². The maximum absolute atomic E-state index is 11.4. The van der Waals surface area contributed by atoms with Crippen molar-refractivity contribution < 1.29 is 9.84 Å². The van der Waals surface area contributed by atoms with Gasteiger partial charge >= 0.3 is 0 Å². The molecule has 1 N–H and O–H groups in total. The fraction of sp³-hybridized carbons (Fsp3) is 0.714. The Bertz CT molecular complexity index is 745. The molecule has 140 valence electrons. The summed E-state index contributed by atoms with van der Waals surface area (Å²) >= 11 is 0. The van der Waals surface area contributed by atoms with Crippen LogP contribution in [0.15, 0.2) is 23.3 Å². The Balaban J connectivity index is 1.60. The lowest BCUT2D eigenvalue weighted by molar-refractivity contribution is -0.105. The summed E-state index contributed by atoms with van der Waals surface area (Å²) in [4.78, 5) is 2.86. The minimum atomic E-state index is -0.684. The van der Waals surface area contributed by atoms with Crippen molar-refractivity contribution in [1.82, 2.24) is 0 Å². The van der Waals surface area contributed by atoms with Gasteiger partial charge in [0.15, 0.2) is 0 Å². The quantitative estimate of drug-likeness (QED) is 0.469. The number of fused-ring (bicyclic) bond motifs is 5. The van der Waals surface area contributed by atoms with Gasteiger partial charge in [0.1, 0.15) is 5.75 Å². The van der Waals surface area contributed by atoms with Crippen LogP contribution in [0.1, 0.15) is 62.5 Å². The van der Waals surface area contributed by atoms with Crippen molar-refractivity contribution in [2.75, 3.05) is 13.7 Å². The molecule has 5 nitrogen and oxygen atoms in total. The number of azide groups is 1. The molecule has 3 aliphatic carbocycles. The molecule has 4 rings (SSSR count). The summed E-state index contributed by atoms with van der Waals surface area (Å²) < 4.78 is 5.41. The summed E-state index contributed by atoms with van der Waals surface area (Å²) in [6.07, 6.45) is 7.03. The molecular weight excluding hydrogens is 326 g/mol. The van der Waals surface area contributed by atoms with E-state index in [-0.39, 0.29) is 5.41 Å². The van der Waals surface area contributed by atoms with Crippen LogP contribution < -0.4 is 4.74 Å². The fourth-order valence-electron chi connectivity index (χ4n) is 6.49. The van der Waals surface area contributed by atoms with Gasteiger partial charge in [-0.3, -0.25) is 0 Å². The SMILES string of the molecule is COc1ccc2c(c1)CC[C@@H]1[C@@H]2CC[C@@]2(C)[C@H]1CC[C@@]2(O)CCN=[N+]=[N-]. The molecule has 5 atom stereocenters. The van der Waals surface area contributed by atoms with Gasteiger partial charge in [-0.25, -0.2) is 0 Å². The van der Waals surface area contributed by atoms with Gasteiger partial charge in [0.05, 0.1) is 12.7 Å². The minimum absolute atomic E-state index is 0.0525. The molecule has 0 radical (unpaired) electrons. The average molecular weight is 355 g/mol. The zero-order valence-corrected chi connectivity index (χ0v) is 15.8. The summed E-state index contributed by atoms with van der Waals surface area (Å²) in [5, 5.41) is 15.1.